The number of aromatic nitrogens is 1. The lowest BCUT2D eigenvalue weighted by atomic mass is 9.98. The molecule has 0 bridgehead atoms. The van der Waals surface area contributed by atoms with E-state index in [2.05, 4.69) is 10.3 Å². The average Bonchev–Trinajstić information content (AvgIpc) is 3.18. The van der Waals surface area contributed by atoms with E-state index in [4.69, 9.17) is 0 Å². The molecule has 1 fully saturated rings. The molecule has 0 saturated carbocycles. The summed E-state index contributed by atoms with van der Waals surface area (Å²) in [5.74, 6) is 0.637. The number of rotatable bonds is 4. The van der Waals surface area contributed by atoms with E-state index in [-0.39, 0.29) is 5.91 Å². The molecule has 6 heteroatoms. The van der Waals surface area contributed by atoms with Crippen LogP contribution >= 0.6 is 22.7 Å². The maximum absolute atomic E-state index is 12.6. The van der Waals surface area contributed by atoms with Gasteiger partial charge in [0.2, 0.25) is 0 Å². The van der Waals surface area contributed by atoms with Crippen LogP contribution in [0.15, 0.2) is 22.9 Å². The van der Waals surface area contributed by atoms with Gasteiger partial charge in [-0.25, -0.2) is 4.98 Å². The van der Waals surface area contributed by atoms with Gasteiger partial charge in [-0.05, 0) is 43.8 Å². The summed E-state index contributed by atoms with van der Waals surface area (Å²) in [6.07, 6.45) is 2.28. The number of hydrogen-bond acceptors (Lipinski definition) is 5. The van der Waals surface area contributed by atoms with Crippen molar-refractivity contribution in [3.63, 3.8) is 0 Å². The average molecular weight is 321 g/mol. The number of carbonyl (C=O) groups excluding carboxylic acids is 1. The fourth-order valence-corrected chi connectivity index (χ4v) is 4.36. The van der Waals surface area contributed by atoms with Gasteiger partial charge in [-0.15, -0.1) is 22.7 Å². The van der Waals surface area contributed by atoms with Crippen LogP contribution in [0.2, 0.25) is 0 Å². The van der Waals surface area contributed by atoms with Gasteiger partial charge >= 0.3 is 0 Å². The fraction of sp³-hybridized carbons (Fsp3) is 0.467. The Hall–Kier alpha value is -1.24. The normalized spacial score (nSPS) is 18.9. The zero-order valence-corrected chi connectivity index (χ0v) is 13.7. The minimum Gasteiger partial charge on any atom is -0.337 e. The van der Waals surface area contributed by atoms with E-state index >= 15 is 0 Å². The molecule has 1 aliphatic rings. The largest absolute Gasteiger partial charge is 0.337 e. The monoisotopic (exact) mass is 321 g/mol. The Bertz CT molecular complexity index is 592. The lowest BCUT2D eigenvalue weighted by molar-refractivity contribution is 0.0669. The predicted molar refractivity (Wildman–Crippen MR) is 88.0 cm³/mol. The van der Waals surface area contributed by atoms with E-state index in [0.717, 1.165) is 35.9 Å². The Balaban J connectivity index is 1.70. The first-order chi connectivity index (χ1) is 10.3. The molecule has 2 aromatic heterocycles. The molecule has 0 aromatic carbocycles. The molecule has 1 unspecified atom stereocenters. The minimum atomic E-state index is 0.0786. The van der Waals surface area contributed by atoms with Crippen LogP contribution in [0.5, 0.6) is 0 Å². The maximum atomic E-state index is 12.6. The lowest BCUT2D eigenvalue weighted by Gasteiger charge is -2.32. The van der Waals surface area contributed by atoms with Gasteiger partial charge in [0.05, 0.1) is 4.88 Å². The summed E-state index contributed by atoms with van der Waals surface area (Å²) in [7, 11) is 1.97. The molecule has 4 nitrogen and oxygen atoms in total. The molecule has 1 aliphatic heterocycles. The summed E-state index contributed by atoms with van der Waals surface area (Å²) >= 11 is 3.21. The van der Waals surface area contributed by atoms with Crippen LogP contribution in [0.1, 0.15) is 23.3 Å². The zero-order chi connectivity index (χ0) is 14.7. The van der Waals surface area contributed by atoms with Gasteiger partial charge in [0.15, 0.2) is 0 Å². The second-order valence-electron chi connectivity index (χ2n) is 5.33. The number of thiazole rings is 1. The van der Waals surface area contributed by atoms with Crippen molar-refractivity contribution in [1.29, 1.82) is 0 Å². The third-order valence-corrected chi connectivity index (χ3v) is 5.64. The molecule has 1 atom stereocenters. The number of nitrogens with one attached hydrogen (secondary N) is 1. The third-order valence-electron chi connectivity index (χ3n) is 3.75. The summed E-state index contributed by atoms with van der Waals surface area (Å²) in [4.78, 5) is 20.2. The summed E-state index contributed by atoms with van der Waals surface area (Å²) in [5.41, 5.74) is 0.591. The Labute approximate surface area is 132 Å². The Morgan fingerprint density at radius 1 is 1.52 bits per heavy atom. The first-order valence-electron chi connectivity index (χ1n) is 7.21. The topological polar surface area (TPSA) is 45.2 Å². The quantitative estimate of drug-likeness (QED) is 0.942. The van der Waals surface area contributed by atoms with Crippen LogP contribution in [-0.4, -0.2) is 42.5 Å². The molecule has 2 aromatic rings. The van der Waals surface area contributed by atoms with Crippen LogP contribution < -0.4 is 5.32 Å². The Morgan fingerprint density at radius 2 is 2.43 bits per heavy atom. The van der Waals surface area contributed by atoms with Crippen LogP contribution in [0.3, 0.4) is 0 Å². The summed E-state index contributed by atoms with van der Waals surface area (Å²) in [5, 5.41) is 8.07. The molecule has 0 spiro atoms. The molecule has 0 radical (unpaired) electrons. The van der Waals surface area contributed by atoms with E-state index in [1.54, 1.807) is 22.7 Å². The number of carbonyl (C=O) groups is 1. The van der Waals surface area contributed by atoms with Gasteiger partial charge < -0.3 is 10.2 Å². The molecule has 3 rings (SSSR count). The van der Waals surface area contributed by atoms with Crippen molar-refractivity contribution in [3.05, 3.63) is 28.6 Å². The van der Waals surface area contributed by atoms with E-state index < -0.39 is 0 Å². The number of amides is 1. The highest BCUT2D eigenvalue weighted by atomic mass is 32.1. The van der Waals surface area contributed by atoms with Crippen molar-refractivity contribution in [2.24, 2.45) is 5.92 Å². The van der Waals surface area contributed by atoms with Crippen molar-refractivity contribution in [1.82, 2.24) is 15.2 Å². The Morgan fingerprint density at radius 3 is 3.19 bits per heavy atom. The lowest BCUT2D eigenvalue weighted by Crippen LogP contribution is -2.42. The molecule has 21 heavy (non-hydrogen) atoms. The molecule has 1 N–H and O–H groups in total. The smallest absolute Gasteiger partial charge is 0.273 e. The third kappa shape index (κ3) is 3.33. The van der Waals surface area contributed by atoms with Crippen LogP contribution in [0.25, 0.3) is 9.88 Å². The molecule has 0 aliphatic carbocycles. The minimum absolute atomic E-state index is 0.0786. The molecule has 3 heterocycles. The van der Waals surface area contributed by atoms with E-state index in [9.17, 15) is 4.79 Å². The van der Waals surface area contributed by atoms with Gasteiger partial charge in [-0.2, -0.15) is 0 Å². The highest BCUT2D eigenvalue weighted by molar-refractivity contribution is 7.20. The zero-order valence-electron chi connectivity index (χ0n) is 12.0. The van der Waals surface area contributed by atoms with Crippen molar-refractivity contribution < 1.29 is 4.79 Å². The maximum Gasteiger partial charge on any atom is 0.273 e. The number of likely N-dealkylation sites (tertiary alicyclic amines) is 1. The standard InChI is InChI=1S/C15H19N3OS2/c1-16-8-11-4-2-6-18(9-11)15(19)12-10-21-14(17-12)13-5-3-7-20-13/h3,5,7,10-11,16H,2,4,6,8-9H2,1H3. The van der Waals surface area contributed by atoms with Crippen molar-refractivity contribution >= 4 is 28.6 Å². The van der Waals surface area contributed by atoms with Crippen molar-refractivity contribution in [2.75, 3.05) is 26.7 Å². The Kier molecular flexibility index (Phi) is 4.67. The second-order valence-corrected chi connectivity index (χ2v) is 7.14. The summed E-state index contributed by atoms with van der Waals surface area (Å²) in [6, 6.07) is 4.05. The van der Waals surface area contributed by atoms with Gasteiger partial charge in [0, 0.05) is 18.5 Å². The molecule has 112 valence electrons. The van der Waals surface area contributed by atoms with Crippen LogP contribution in [0, 0.1) is 5.92 Å². The van der Waals surface area contributed by atoms with Gasteiger partial charge in [-0.3, -0.25) is 4.79 Å². The van der Waals surface area contributed by atoms with Crippen molar-refractivity contribution in [3.8, 4) is 9.88 Å². The molecule has 1 saturated heterocycles. The van der Waals surface area contributed by atoms with E-state index in [1.165, 1.54) is 6.42 Å². The van der Waals surface area contributed by atoms with Gasteiger partial charge in [-0.1, -0.05) is 6.07 Å². The van der Waals surface area contributed by atoms with Crippen LogP contribution in [-0.2, 0) is 0 Å². The number of hydrogen-bond donors (Lipinski definition) is 1. The number of piperidine rings is 1. The highest BCUT2D eigenvalue weighted by Crippen LogP contribution is 2.28. The van der Waals surface area contributed by atoms with E-state index in [0.29, 0.717) is 11.6 Å². The highest BCUT2D eigenvalue weighted by Gasteiger charge is 2.25. The summed E-state index contributed by atoms with van der Waals surface area (Å²) < 4.78 is 0. The number of nitrogens with zero attached hydrogens (tertiary/aromatic N) is 2. The van der Waals surface area contributed by atoms with Crippen molar-refractivity contribution in [2.45, 2.75) is 12.8 Å². The molecular weight excluding hydrogens is 302 g/mol. The molecular formula is C15H19N3OS2. The predicted octanol–water partition coefficient (Wildman–Crippen LogP) is 2.94. The number of thiophene rings is 1. The van der Waals surface area contributed by atoms with Gasteiger partial charge in [0.25, 0.3) is 5.91 Å². The van der Waals surface area contributed by atoms with Gasteiger partial charge in [0.1, 0.15) is 10.7 Å². The first-order valence-corrected chi connectivity index (χ1v) is 8.97. The fourth-order valence-electron chi connectivity index (χ4n) is 2.75. The SMILES string of the molecule is CNCC1CCCN(C(=O)c2csc(-c3cccs3)n2)C1. The molecule has 1 amide bonds. The van der Waals surface area contributed by atoms with E-state index in [1.807, 2.05) is 34.8 Å². The second kappa shape index (κ2) is 6.68. The van der Waals surface area contributed by atoms with Crippen LogP contribution in [0.4, 0.5) is 0 Å². The first kappa shape index (κ1) is 14.7. The summed E-state index contributed by atoms with van der Waals surface area (Å²) in [6.45, 7) is 2.66.